The van der Waals surface area contributed by atoms with Crippen molar-refractivity contribution in [1.29, 1.82) is 5.26 Å². The van der Waals surface area contributed by atoms with Gasteiger partial charge in [0.15, 0.2) is 0 Å². The molecule has 1 N–H and O–H groups in total. The van der Waals surface area contributed by atoms with Gasteiger partial charge in [-0.3, -0.25) is 5.32 Å². The number of rotatable bonds is 1. The largest absolute Gasteiger partial charge is 0.438 e. The van der Waals surface area contributed by atoms with Crippen LogP contribution in [0, 0.1) is 25.2 Å². The van der Waals surface area contributed by atoms with E-state index in [-0.39, 0.29) is 0 Å². The van der Waals surface area contributed by atoms with Gasteiger partial charge in [0.25, 0.3) is 0 Å². The normalized spacial score (nSPS) is 15.4. The molecule has 1 aliphatic heterocycles. The highest BCUT2D eigenvalue weighted by Gasteiger charge is 2.33. The Morgan fingerprint density at radius 2 is 1.96 bits per heavy atom. The summed E-state index contributed by atoms with van der Waals surface area (Å²) in [6, 6.07) is 8.14. The topological polar surface area (TPSA) is 67.0 Å². The first kappa shape index (κ1) is 15.2. The van der Waals surface area contributed by atoms with Crippen LogP contribution in [0.2, 0.25) is 0 Å². The van der Waals surface area contributed by atoms with Crippen molar-refractivity contribution >= 4 is 11.8 Å². The molecule has 1 aliphatic rings. The van der Waals surface area contributed by atoms with Crippen LogP contribution in [0.3, 0.4) is 0 Å². The third kappa shape index (κ3) is 2.18. The molecule has 2 aromatic rings. The predicted octanol–water partition coefficient (Wildman–Crippen LogP) is 3.98. The molecule has 0 unspecified atom stereocenters. The number of hydrogen-bond acceptors (Lipinski definition) is 3. The first-order valence-electron chi connectivity index (χ1n) is 7.47. The highest BCUT2D eigenvalue weighted by molar-refractivity contribution is 5.89. The number of cyclic esters (lactones) is 1. The van der Waals surface area contributed by atoms with E-state index in [9.17, 15) is 10.1 Å². The highest BCUT2D eigenvalue weighted by atomic mass is 16.6. The Bertz CT molecular complexity index is 869. The molecule has 3 rings (SSSR count). The number of fused-ring (bicyclic) bond motifs is 1. The Kier molecular flexibility index (Phi) is 3.22. The van der Waals surface area contributed by atoms with Crippen LogP contribution in [0.1, 0.15) is 36.2 Å². The van der Waals surface area contributed by atoms with E-state index in [2.05, 4.69) is 11.4 Å². The molecule has 5 heteroatoms. The van der Waals surface area contributed by atoms with Crippen molar-refractivity contribution in [2.75, 3.05) is 5.32 Å². The molecule has 1 aromatic heterocycles. The smallest absolute Gasteiger partial charge is 0.412 e. The van der Waals surface area contributed by atoms with Crippen molar-refractivity contribution in [2.45, 2.75) is 33.3 Å². The summed E-state index contributed by atoms with van der Waals surface area (Å²) in [5, 5.41) is 12.1. The number of nitrogens with one attached hydrogen (secondary N) is 1. The van der Waals surface area contributed by atoms with Crippen LogP contribution >= 0.6 is 0 Å². The molecule has 23 heavy (non-hydrogen) atoms. The molecule has 1 aromatic carbocycles. The minimum atomic E-state index is -0.695. The fraction of sp³-hybridized carbons (Fsp3) is 0.333. The fourth-order valence-electron chi connectivity index (χ4n) is 3.26. The molecule has 0 radical (unpaired) electrons. The van der Waals surface area contributed by atoms with Crippen molar-refractivity contribution in [2.24, 2.45) is 7.05 Å². The van der Waals surface area contributed by atoms with E-state index in [1.807, 2.05) is 57.5 Å². The van der Waals surface area contributed by atoms with Crippen molar-refractivity contribution < 1.29 is 9.53 Å². The molecule has 118 valence electrons. The third-order valence-electron chi connectivity index (χ3n) is 4.58. The van der Waals surface area contributed by atoms with Crippen LogP contribution in [0.25, 0.3) is 11.3 Å². The van der Waals surface area contributed by atoms with Crippen LogP contribution in [0.4, 0.5) is 10.5 Å². The first-order valence-corrected chi connectivity index (χ1v) is 7.47. The number of nitriles is 1. The zero-order chi connectivity index (χ0) is 16.9. The van der Waals surface area contributed by atoms with Gasteiger partial charge >= 0.3 is 6.09 Å². The van der Waals surface area contributed by atoms with Crippen LogP contribution in [0.15, 0.2) is 18.2 Å². The summed E-state index contributed by atoms with van der Waals surface area (Å²) in [6.45, 7) is 7.73. The lowest BCUT2D eigenvalue weighted by molar-refractivity contribution is 0.0421. The quantitative estimate of drug-likeness (QED) is 0.866. The summed E-state index contributed by atoms with van der Waals surface area (Å²) in [4.78, 5) is 11.6. The monoisotopic (exact) mass is 309 g/mol. The van der Waals surface area contributed by atoms with Crippen molar-refractivity contribution in [3.05, 3.63) is 40.6 Å². The van der Waals surface area contributed by atoms with E-state index < -0.39 is 11.7 Å². The molecule has 0 atom stereocenters. The first-order chi connectivity index (χ1) is 10.8. The van der Waals surface area contributed by atoms with Gasteiger partial charge in [0, 0.05) is 12.6 Å². The number of hydrogen-bond donors (Lipinski definition) is 1. The molecular weight excluding hydrogens is 290 g/mol. The number of carbonyl (C=O) groups excluding carboxylic acids is 1. The summed E-state index contributed by atoms with van der Waals surface area (Å²) in [6.07, 6.45) is -0.437. The SMILES string of the molecule is Cc1c(C)c(-c2ccc3c(c2)C(C)(C)OC(=O)N3)n(C)c1C#N. The molecular formula is C18H19N3O2. The summed E-state index contributed by atoms with van der Waals surface area (Å²) in [5.41, 5.74) is 5.74. The molecule has 0 saturated heterocycles. The average molecular weight is 309 g/mol. The number of nitrogens with zero attached hydrogens (tertiary/aromatic N) is 2. The zero-order valence-electron chi connectivity index (χ0n) is 13.9. The predicted molar refractivity (Wildman–Crippen MR) is 88.2 cm³/mol. The lowest BCUT2D eigenvalue weighted by atomic mass is 9.91. The molecule has 2 heterocycles. The van der Waals surface area contributed by atoms with Crippen molar-refractivity contribution in [3.8, 4) is 17.3 Å². The van der Waals surface area contributed by atoms with Gasteiger partial charge in [-0.05, 0) is 56.5 Å². The van der Waals surface area contributed by atoms with Gasteiger partial charge in [0.1, 0.15) is 17.4 Å². The number of amides is 1. The number of ether oxygens (including phenoxy) is 1. The maximum Gasteiger partial charge on any atom is 0.412 e. The van der Waals surface area contributed by atoms with Gasteiger partial charge in [0.05, 0.1) is 11.4 Å². The number of benzene rings is 1. The van der Waals surface area contributed by atoms with Crippen LogP contribution < -0.4 is 5.32 Å². The molecule has 5 nitrogen and oxygen atoms in total. The maximum absolute atomic E-state index is 11.6. The van der Waals surface area contributed by atoms with Gasteiger partial charge in [-0.1, -0.05) is 6.07 Å². The van der Waals surface area contributed by atoms with Gasteiger partial charge in [0.2, 0.25) is 0 Å². The standard InChI is InChI=1S/C18H19N3O2/c1-10-11(2)16(21(5)15(10)9-19)12-6-7-14-13(8-12)18(3,4)23-17(22)20-14/h6-8H,1-5H3,(H,20,22). The van der Waals surface area contributed by atoms with E-state index in [1.54, 1.807) is 0 Å². The van der Waals surface area contributed by atoms with Crippen molar-refractivity contribution in [3.63, 3.8) is 0 Å². The highest BCUT2D eigenvalue weighted by Crippen LogP contribution is 2.39. The van der Waals surface area contributed by atoms with E-state index in [1.165, 1.54) is 0 Å². The number of anilines is 1. The average Bonchev–Trinajstić information content (AvgIpc) is 2.68. The third-order valence-corrected chi connectivity index (χ3v) is 4.58. The van der Waals surface area contributed by atoms with E-state index >= 15 is 0 Å². The Hall–Kier alpha value is -2.74. The van der Waals surface area contributed by atoms with Crippen molar-refractivity contribution in [1.82, 2.24) is 4.57 Å². The van der Waals surface area contributed by atoms with E-state index in [4.69, 9.17) is 4.74 Å². The van der Waals surface area contributed by atoms with Gasteiger partial charge in [-0.25, -0.2) is 4.79 Å². The fourth-order valence-corrected chi connectivity index (χ4v) is 3.26. The second-order valence-electron chi connectivity index (χ2n) is 6.40. The second-order valence-corrected chi connectivity index (χ2v) is 6.40. The summed E-state index contributed by atoms with van der Waals surface area (Å²) in [7, 11) is 1.90. The molecule has 1 amide bonds. The van der Waals surface area contributed by atoms with Gasteiger partial charge in [-0.15, -0.1) is 0 Å². The minimum Gasteiger partial charge on any atom is -0.438 e. The molecule has 0 bridgehead atoms. The Morgan fingerprint density at radius 3 is 2.57 bits per heavy atom. The van der Waals surface area contributed by atoms with E-state index in [0.29, 0.717) is 5.69 Å². The molecule has 0 aliphatic carbocycles. The number of carbonyl (C=O) groups is 1. The lowest BCUT2D eigenvalue weighted by Crippen LogP contribution is -2.34. The van der Waals surface area contributed by atoms with Crippen LogP contribution in [-0.2, 0) is 17.4 Å². The summed E-state index contributed by atoms with van der Waals surface area (Å²) >= 11 is 0. The van der Waals surface area contributed by atoms with Gasteiger partial charge < -0.3 is 9.30 Å². The molecule has 0 fully saturated rings. The Morgan fingerprint density at radius 1 is 1.26 bits per heavy atom. The minimum absolute atomic E-state index is 0.437. The molecule has 0 saturated carbocycles. The van der Waals surface area contributed by atoms with Crippen LogP contribution in [-0.4, -0.2) is 10.7 Å². The molecule has 0 spiro atoms. The summed E-state index contributed by atoms with van der Waals surface area (Å²) < 4.78 is 7.31. The Labute approximate surface area is 135 Å². The number of aromatic nitrogens is 1. The Balaban J connectivity index is 2.22. The van der Waals surface area contributed by atoms with E-state index in [0.717, 1.165) is 33.6 Å². The zero-order valence-corrected chi connectivity index (χ0v) is 13.9. The van der Waals surface area contributed by atoms with Gasteiger partial charge in [-0.2, -0.15) is 5.26 Å². The second kappa shape index (κ2) is 4.88. The van der Waals surface area contributed by atoms with Crippen LogP contribution in [0.5, 0.6) is 0 Å². The maximum atomic E-state index is 11.6. The lowest BCUT2D eigenvalue weighted by Gasteiger charge is -2.32. The summed E-state index contributed by atoms with van der Waals surface area (Å²) in [5.74, 6) is 0.